The van der Waals surface area contributed by atoms with Gasteiger partial charge in [-0.1, -0.05) is 36.4 Å². The van der Waals surface area contributed by atoms with Crippen molar-refractivity contribution in [2.75, 3.05) is 17.5 Å². The zero-order valence-corrected chi connectivity index (χ0v) is 20.8. The van der Waals surface area contributed by atoms with E-state index in [1.807, 2.05) is 13.8 Å². The van der Waals surface area contributed by atoms with E-state index in [0.29, 0.717) is 17.0 Å². The van der Waals surface area contributed by atoms with Crippen molar-refractivity contribution in [2.24, 2.45) is 5.10 Å². The number of rotatable bonds is 11. The van der Waals surface area contributed by atoms with Crippen LogP contribution in [0.4, 0.5) is 5.69 Å². The standard InChI is InChI=1S/C26H28N4O5S/c1-20(2)28-26(32)19-35-23-15-13-21(14-16-23)17-27-29-25(31)18-30(22-9-5-3-6-10-22)36(33,34)24-11-7-4-8-12-24/h3-17,20H,18-19H2,1-2H3,(H,28,32)(H,29,31)/b27-17-. The van der Waals surface area contributed by atoms with Crippen molar-refractivity contribution in [2.45, 2.75) is 24.8 Å². The summed E-state index contributed by atoms with van der Waals surface area (Å²) in [5, 5.41) is 6.67. The Balaban J connectivity index is 1.62. The molecule has 0 aliphatic rings. The topological polar surface area (TPSA) is 117 Å². The molecule has 0 unspecified atom stereocenters. The first-order chi connectivity index (χ1) is 17.3. The van der Waals surface area contributed by atoms with Crippen LogP contribution in [0.25, 0.3) is 0 Å². The molecule has 3 rings (SSSR count). The lowest BCUT2D eigenvalue weighted by atomic mass is 10.2. The number of hydrazone groups is 1. The Labute approximate surface area is 210 Å². The molecule has 0 bridgehead atoms. The Morgan fingerprint density at radius 2 is 1.53 bits per heavy atom. The summed E-state index contributed by atoms with van der Waals surface area (Å²) < 4.78 is 32.9. The third-order valence-electron chi connectivity index (χ3n) is 4.77. The summed E-state index contributed by atoms with van der Waals surface area (Å²) in [5.74, 6) is -0.303. The van der Waals surface area contributed by atoms with Gasteiger partial charge in [0, 0.05) is 6.04 Å². The number of nitrogens with zero attached hydrogens (tertiary/aromatic N) is 2. The van der Waals surface area contributed by atoms with E-state index in [2.05, 4.69) is 15.8 Å². The van der Waals surface area contributed by atoms with Crippen LogP contribution in [-0.2, 0) is 19.6 Å². The minimum atomic E-state index is -3.97. The van der Waals surface area contributed by atoms with E-state index in [-0.39, 0.29) is 23.5 Å². The Bertz CT molecular complexity index is 1280. The molecule has 0 aliphatic carbocycles. The second-order valence-corrected chi connectivity index (χ2v) is 9.90. The van der Waals surface area contributed by atoms with Crippen LogP contribution in [0.1, 0.15) is 19.4 Å². The Kier molecular flexibility index (Phi) is 9.18. The fraction of sp³-hybridized carbons (Fsp3) is 0.192. The van der Waals surface area contributed by atoms with E-state index >= 15 is 0 Å². The molecule has 9 nitrogen and oxygen atoms in total. The molecule has 36 heavy (non-hydrogen) atoms. The summed E-state index contributed by atoms with van der Waals surface area (Å²) in [5.41, 5.74) is 3.40. The predicted molar refractivity (Wildman–Crippen MR) is 138 cm³/mol. The number of carbonyl (C=O) groups is 2. The van der Waals surface area contributed by atoms with Crippen LogP contribution < -0.4 is 19.8 Å². The minimum absolute atomic E-state index is 0.0353. The van der Waals surface area contributed by atoms with Gasteiger partial charge in [-0.15, -0.1) is 0 Å². The molecule has 0 heterocycles. The van der Waals surface area contributed by atoms with Gasteiger partial charge in [0.05, 0.1) is 16.8 Å². The normalized spacial score (nSPS) is 11.3. The van der Waals surface area contributed by atoms with Gasteiger partial charge in [-0.3, -0.25) is 13.9 Å². The highest BCUT2D eigenvalue weighted by atomic mass is 32.2. The maximum atomic E-state index is 13.2. The molecule has 3 aromatic carbocycles. The highest BCUT2D eigenvalue weighted by Crippen LogP contribution is 2.23. The van der Waals surface area contributed by atoms with Crippen LogP contribution in [0.2, 0.25) is 0 Å². The maximum absolute atomic E-state index is 13.2. The number of carbonyl (C=O) groups excluding carboxylic acids is 2. The molecule has 2 N–H and O–H groups in total. The van der Waals surface area contributed by atoms with Gasteiger partial charge in [0.15, 0.2) is 6.61 Å². The van der Waals surface area contributed by atoms with Crippen molar-refractivity contribution in [3.05, 3.63) is 90.5 Å². The molecule has 10 heteroatoms. The third-order valence-corrected chi connectivity index (χ3v) is 6.55. The molecule has 188 valence electrons. The first kappa shape index (κ1) is 26.4. The second-order valence-electron chi connectivity index (χ2n) is 8.03. The Hall–Kier alpha value is -4.18. The monoisotopic (exact) mass is 508 g/mol. The zero-order valence-electron chi connectivity index (χ0n) is 20.0. The van der Waals surface area contributed by atoms with Gasteiger partial charge >= 0.3 is 0 Å². The molecule has 2 amide bonds. The van der Waals surface area contributed by atoms with Gasteiger partial charge < -0.3 is 10.1 Å². The molecular formula is C26H28N4O5S. The smallest absolute Gasteiger partial charge is 0.264 e. The summed E-state index contributed by atoms with van der Waals surface area (Å²) in [6.45, 7) is 3.19. The lowest BCUT2D eigenvalue weighted by molar-refractivity contribution is -0.123. The number of para-hydroxylation sites is 1. The van der Waals surface area contributed by atoms with Crippen molar-refractivity contribution < 1.29 is 22.7 Å². The molecule has 0 saturated heterocycles. The van der Waals surface area contributed by atoms with Crippen LogP contribution in [0.5, 0.6) is 5.75 Å². The summed E-state index contributed by atoms with van der Waals surface area (Å²) in [7, 11) is -3.97. The molecule has 0 aromatic heterocycles. The van der Waals surface area contributed by atoms with E-state index in [4.69, 9.17) is 4.74 Å². The first-order valence-corrected chi connectivity index (χ1v) is 12.7. The fourth-order valence-corrected chi connectivity index (χ4v) is 4.58. The number of hydrogen-bond acceptors (Lipinski definition) is 6. The van der Waals surface area contributed by atoms with Crippen LogP contribution in [0.3, 0.4) is 0 Å². The average molecular weight is 509 g/mol. The number of sulfonamides is 1. The first-order valence-electron chi connectivity index (χ1n) is 11.2. The van der Waals surface area contributed by atoms with Crippen molar-refractivity contribution in [3.8, 4) is 5.75 Å². The lowest BCUT2D eigenvalue weighted by Crippen LogP contribution is -2.39. The molecule has 0 radical (unpaired) electrons. The summed E-state index contributed by atoms with van der Waals surface area (Å²) in [6.07, 6.45) is 1.42. The van der Waals surface area contributed by atoms with Gasteiger partial charge in [-0.05, 0) is 67.9 Å². The SMILES string of the molecule is CC(C)NC(=O)COc1ccc(/C=N\NC(=O)CN(c2ccccc2)S(=O)(=O)c2ccccc2)cc1. The fourth-order valence-electron chi connectivity index (χ4n) is 3.14. The molecule has 0 aliphatic heterocycles. The van der Waals surface area contributed by atoms with Crippen molar-refractivity contribution in [3.63, 3.8) is 0 Å². The third kappa shape index (κ3) is 7.67. The highest BCUT2D eigenvalue weighted by molar-refractivity contribution is 7.92. The van der Waals surface area contributed by atoms with Gasteiger partial charge in [0.2, 0.25) is 0 Å². The Morgan fingerprint density at radius 3 is 2.14 bits per heavy atom. The van der Waals surface area contributed by atoms with E-state index < -0.39 is 22.5 Å². The van der Waals surface area contributed by atoms with Gasteiger partial charge in [0.1, 0.15) is 12.3 Å². The summed E-state index contributed by atoms with van der Waals surface area (Å²) >= 11 is 0. The molecule has 0 fully saturated rings. The summed E-state index contributed by atoms with van der Waals surface area (Å²) in [6, 6.07) is 23.1. The van der Waals surface area contributed by atoms with Crippen LogP contribution >= 0.6 is 0 Å². The molecule has 3 aromatic rings. The van der Waals surface area contributed by atoms with Crippen LogP contribution in [0, 0.1) is 0 Å². The van der Waals surface area contributed by atoms with Crippen LogP contribution in [-0.4, -0.2) is 45.6 Å². The maximum Gasteiger partial charge on any atom is 0.264 e. The van der Waals surface area contributed by atoms with Crippen molar-refractivity contribution >= 4 is 33.7 Å². The number of ether oxygens (including phenoxy) is 1. The minimum Gasteiger partial charge on any atom is -0.484 e. The number of anilines is 1. The summed E-state index contributed by atoms with van der Waals surface area (Å²) in [4.78, 5) is 24.3. The van der Waals surface area contributed by atoms with E-state index in [0.717, 1.165) is 4.31 Å². The average Bonchev–Trinajstić information content (AvgIpc) is 2.87. The number of benzene rings is 3. The van der Waals surface area contributed by atoms with E-state index in [1.165, 1.54) is 18.3 Å². The molecule has 0 spiro atoms. The second kappa shape index (κ2) is 12.5. The number of hydrogen-bond donors (Lipinski definition) is 2. The van der Waals surface area contributed by atoms with Gasteiger partial charge in [-0.2, -0.15) is 5.10 Å². The number of amides is 2. The predicted octanol–water partition coefficient (Wildman–Crippen LogP) is 2.94. The van der Waals surface area contributed by atoms with Crippen molar-refractivity contribution in [1.29, 1.82) is 0 Å². The van der Waals surface area contributed by atoms with E-state index in [9.17, 15) is 18.0 Å². The Morgan fingerprint density at radius 1 is 0.917 bits per heavy atom. The quantitative estimate of drug-likeness (QED) is 0.305. The van der Waals surface area contributed by atoms with Crippen molar-refractivity contribution in [1.82, 2.24) is 10.7 Å². The molecule has 0 atom stereocenters. The van der Waals surface area contributed by atoms with Crippen LogP contribution in [0.15, 0.2) is 94.9 Å². The lowest BCUT2D eigenvalue weighted by Gasteiger charge is -2.23. The highest BCUT2D eigenvalue weighted by Gasteiger charge is 2.26. The molecule has 0 saturated carbocycles. The largest absolute Gasteiger partial charge is 0.484 e. The van der Waals surface area contributed by atoms with Gasteiger partial charge in [0.25, 0.3) is 21.8 Å². The van der Waals surface area contributed by atoms with E-state index in [1.54, 1.807) is 72.8 Å². The molecular weight excluding hydrogens is 480 g/mol. The van der Waals surface area contributed by atoms with Gasteiger partial charge in [-0.25, -0.2) is 13.8 Å². The zero-order chi connectivity index (χ0) is 26.0. The number of nitrogens with one attached hydrogen (secondary N) is 2.